The maximum absolute atomic E-state index is 11.6. The molecule has 0 aliphatic heterocycles. The van der Waals surface area contributed by atoms with E-state index in [-0.39, 0.29) is 12.1 Å². The summed E-state index contributed by atoms with van der Waals surface area (Å²) in [5, 5.41) is 5.51. The molecule has 2 amide bonds. The number of urea groups is 1. The average Bonchev–Trinajstić information content (AvgIpc) is 2.47. The molecule has 0 fully saturated rings. The molecule has 1 heterocycles. The summed E-state index contributed by atoms with van der Waals surface area (Å²) in [5.74, 6) is 0.816. The van der Waals surface area contributed by atoms with Gasteiger partial charge < -0.3 is 15.5 Å². The molecule has 5 heteroatoms. The van der Waals surface area contributed by atoms with Crippen molar-refractivity contribution in [3.8, 4) is 0 Å². The molecule has 1 aromatic heterocycles. The van der Waals surface area contributed by atoms with Crippen LogP contribution in [0.1, 0.15) is 13.8 Å². The van der Waals surface area contributed by atoms with E-state index in [1.807, 2.05) is 68.3 Å². The molecule has 110 valence electrons. The van der Waals surface area contributed by atoms with Crippen LogP contribution in [0.3, 0.4) is 0 Å². The van der Waals surface area contributed by atoms with Crippen molar-refractivity contribution in [3.63, 3.8) is 0 Å². The van der Waals surface area contributed by atoms with E-state index in [0.29, 0.717) is 5.69 Å². The molecule has 0 radical (unpaired) electrons. The Morgan fingerprint density at radius 2 is 1.86 bits per heavy atom. The van der Waals surface area contributed by atoms with Gasteiger partial charge >= 0.3 is 6.03 Å². The Bertz CT molecular complexity index is 581. The van der Waals surface area contributed by atoms with Crippen molar-refractivity contribution in [2.24, 2.45) is 0 Å². The number of rotatable bonds is 4. The van der Waals surface area contributed by atoms with Gasteiger partial charge in [-0.1, -0.05) is 18.2 Å². The number of hydrogen-bond acceptors (Lipinski definition) is 3. The fourth-order valence-corrected chi connectivity index (χ4v) is 1.87. The first-order valence-corrected chi connectivity index (χ1v) is 6.88. The minimum atomic E-state index is -0.226. The number of carbonyl (C=O) groups excluding carboxylic acids is 1. The summed E-state index contributed by atoms with van der Waals surface area (Å²) in [6.07, 6.45) is 1.65. The number of carbonyl (C=O) groups is 1. The van der Waals surface area contributed by atoms with Crippen molar-refractivity contribution in [2.45, 2.75) is 19.9 Å². The zero-order valence-electron chi connectivity index (χ0n) is 12.5. The number of aromatic nitrogens is 1. The zero-order chi connectivity index (χ0) is 15.2. The molecule has 0 saturated carbocycles. The Labute approximate surface area is 125 Å². The van der Waals surface area contributed by atoms with Gasteiger partial charge in [0.25, 0.3) is 0 Å². The van der Waals surface area contributed by atoms with Crippen LogP contribution in [0, 0.1) is 0 Å². The van der Waals surface area contributed by atoms with E-state index in [2.05, 4.69) is 15.6 Å². The second-order valence-corrected chi connectivity index (χ2v) is 5.05. The molecule has 5 nitrogen and oxygen atoms in total. The van der Waals surface area contributed by atoms with E-state index >= 15 is 0 Å². The second-order valence-electron chi connectivity index (χ2n) is 5.05. The molecule has 0 aliphatic rings. The predicted octanol–water partition coefficient (Wildman–Crippen LogP) is 3.38. The van der Waals surface area contributed by atoms with Gasteiger partial charge in [0.2, 0.25) is 0 Å². The summed E-state index contributed by atoms with van der Waals surface area (Å²) in [6.45, 7) is 3.82. The maximum Gasteiger partial charge on any atom is 0.319 e. The van der Waals surface area contributed by atoms with Gasteiger partial charge in [-0.3, -0.25) is 0 Å². The SMILES string of the molecule is CC(C)NC(=O)Nc1ccc(N(C)c2ccccc2)nc1. The first kappa shape index (κ1) is 14.8. The van der Waals surface area contributed by atoms with Gasteiger partial charge in [-0.25, -0.2) is 9.78 Å². The number of pyridine rings is 1. The molecule has 2 N–H and O–H groups in total. The lowest BCUT2D eigenvalue weighted by atomic mass is 10.3. The molecular weight excluding hydrogens is 264 g/mol. The number of benzene rings is 1. The molecule has 0 aliphatic carbocycles. The van der Waals surface area contributed by atoms with Crippen LogP contribution in [0.2, 0.25) is 0 Å². The molecule has 0 bridgehead atoms. The van der Waals surface area contributed by atoms with Crippen molar-refractivity contribution >= 4 is 23.2 Å². The van der Waals surface area contributed by atoms with Gasteiger partial charge in [-0.05, 0) is 38.1 Å². The lowest BCUT2D eigenvalue weighted by molar-refractivity contribution is 0.250. The average molecular weight is 284 g/mol. The van der Waals surface area contributed by atoms with Gasteiger partial charge in [0.05, 0.1) is 11.9 Å². The summed E-state index contributed by atoms with van der Waals surface area (Å²) in [4.78, 5) is 18.0. The minimum absolute atomic E-state index is 0.0986. The van der Waals surface area contributed by atoms with Crippen LogP contribution in [0.25, 0.3) is 0 Å². The molecule has 0 saturated heterocycles. The normalized spacial score (nSPS) is 10.3. The Hall–Kier alpha value is -2.56. The van der Waals surface area contributed by atoms with Gasteiger partial charge in [0.1, 0.15) is 5.82 Å². The van der Waals surface area contributed by atoms with E-state index in [9.17, 15) is 4.79 Å². The third kappa shape index (κ3) is 4.21. The quantitative estimate of drug-likeness (QED) is 0.905. The lowest BCUT2D eigenvalue weighted by Gasteiger charge is -2.18. The third-order valence-electron chi connectivity index (χ3n) is 2.91. The topological polar surface area (TPSA) is 57.3 Å². The molecule has 0 atom stereocenters. The lowest BCUT2D eigenvalue weighted by Crippen LogP contribution is -2.34. The number of anilines is 3. The Morgan fingerprint density at radius 3 is 2.43 bits per heavy atom. The van der Waals surface area contributed by atoms with Crippen molar-refractivity contribution < 1.29 is 4.79 Å². The number of nitrogens with zero attached hydrogens (tertiary/aromatic N) is 2. The van der Waals surface area contributed by atoms with Crippen molar-refractivity contribution in [3.05, 3.63) is 48.7 Å². The Morgan fingerprint density at radius 1 is 1.14 bits per heavy atom. The summed E-state index contributed by atoms with van der Waals surface area (Å²) < 4.78 is 0. The van der Waals surface area contributed by atoms with E-state index in [1.165, 1.54) is 0 Å². The fraction of sp³-hybridized carbons (Fsp3) is 0.250. The van der Waals surface area contributed by atoms with Gasteiger partial charge in [-0.15, -0.1) is 0 Å². The maximum atomic E-state index is 11.6. The van der Waals surface area contributed by atoms with Crippen molar-refractivity contribution in [1.29, 1.82) is 0 Å². The van der Waals surface area contributed by atoms with Crippen LogP contribution in [-0.4, -0.2) is 24.1 Å². The Kier molecular flexibility index (Phi) is 4.77. The van der Waals surface area contributed by atoms with Crippen LogP contribution in [0.4, 0.5) is 22.0 Å². The number of nitrogens with one attached hydrogen (secondary N) is 2. The highest BCUT2D eigenvalue weighted by molar-refractivity contribution is 5.89. The second kappa shape index (κ2) is 6.74. The fourth-order valence-electron chi connectivity index (χ4n) is 1.87. The smallest absolute Gasteiger partial charge is 0.319 e. The number of para-hydroxylation sites is 1. The highest BCUT2D eigenvalue weighted by atomic mass is 16.2. The molecular formula is C16H20N4O. The summed E-state index contributed by atoms with van der Waals surface area (Å²) in [6, 6.07) is 13.6. The monoisotopic (exact) mass is 284 g/mol. The summed E-state index contributed by atoms with van der Waals surface area (Å²) in [5.41, 5.74) is 1.72. The molecule has 0 spiro atoms. The van der Waals surface area contributed by atoms with Crippen LogP contribution in [-0.2, 0) is 0 Å². The first-order valence-electron chi connectivity index (χ1n) is 6.88. The van der Waals surface area contributed by atoms with E-state index < -0.39 is 0 Å². The largest absolute Gasteiger partial charge is 0.336 e. The van der Waals surface area contributed by atoms with Gasteiger partial charge in [0, 0.05) is 18.8 Å². The first-order chi connectivity index (χ1) is 10.1. The van der Waals surface area contributed by atoms with Gasteiger partial charge in [0.15, 0.2) is 0 Å². The van der Waals surface area contributed by atoms with Crippen molar-refractivity contribution in [2.75, 3.05) is 17.3 Å². The van der Waals surface area contributed by atoms with E-state index in [4.69, 9.17) is 0 Å². The summed E-state index contributed by atoms with van der Waals surface area (Å²) in [7, 11) is 1.95. The van der Waals surface area contributed by atoms with Crippen LogP contribution < -0.4 is 15.5 Å². The predicted molar refractivity (Wildman–Crippen MR) is 86.0 cm³/mol. The standard InChI is InChI=1S/C16H20N4O/c1-12(2)18-16(21)19-13-9-10-15(17-11-13)20(3)14-7-5-4-6-8-14/h4-12H,1-3H3,(H2,18,19,21). The van der Waals surface area contributed by atoms with Gasteiger partial charge in [-0.2, -0.15) is 0 Å². The van der Waals surface area contributed by atoms with Crippen LogP contribution in [0.15, 0.2) is 48.7 Å². The Balaban J connectivity index is 2.04. The molecule has 1 aromatic carbocycles. The third-order valence-corrected chi connectivity index (χ3v) is 2.91. The van der Waals surface area contributed by atoms with E-state index in [0.717, 1.165) is 11.5 Å². The molecule has 0 unspecified atom stereocenters. The van der Waals surface area contributed by atoms with Crippen LogP contribution in [0.5, 0.6) is 0 Å². The molecule has 2 rings (SSSR count). The van der Waals surface area contributed by atoms with E-state index in [1.54, 1.807) is 6.20 Å². The van der Waals surface area contributed by atoms with Crippen molar-refractivity contribution in [1.82, 2.24) is 10.3 Å². The highest BCUT2D eigenvalue weighted by Crippen LogP contribution is 2.21. The molecule has 2 aromatic rings. The van der Waals surface area contributed by atoms with Crippen LogP contribution >= 0.6 is 0 Å². The summed E-state index contributed by atoms with van der Waals surface area (Å²) >= 11 is 0. The zero-order valence-corrected chi connectivity index (χ0v) is 12.5. The molecule has 21 heavy (non-hydrogen) atoms. The number of amides is 2. The minimum Gasteiger partial charge on any atom is -0.336 e. The highest BCUT2D eigenvalue weighted by Gasteiger charge is 2.06. The number of hydrogen-bond donors (Lipinski definition) is 2.